The standard InChI is InChI=1S/C16H13N3O2S/c1-11-9-15(18-10-17-11)19-12-4-6-13(7-5-12)21-16(20)14-3-2-8-22-14/h2-10H,1H3,(H,17,18,19). The third-order valence-electron chi connectivity index (χ3n) is 2.86. The van der Waals surface area contributed by atoms with Crippen molar-refractivity contribution < 1.29 is 9.53 Å². The Hall–Kier alpha value is -2.73. The van der Waals surface area contributed by atoms with E-state index in [4.69, 9.17) is 4.74 Å². The average Bonchev–Trinajstić information content (AvgIpc) is 3.04. The number of benzene rings is 1. The number of nitrogens with one attached hydrogen (secondary N) is 1. The highest BCUT2D eigenvalue weighted by atomic mass is 32.1. The summed E-state index contributed by atoms with van der Waals surface area (Å²) in [6.07, 6.45) is 1.51. The Balaban J connectivity index is 1.66. The predicted octanol–water partition coefficient (Wildman–Crippen LogP) is 3.81. The predicted molar refractivity (Wildman–Crippen MR) is 85.8 cm³/mol. The molecule has 1 N–H and O–H groups in total. The van der Waals surface area contributed by atoms with Crippen molar-refractivity contribution in [2.75, 3.05) is 5.32 Å². The number of ether oxygens (including phenoxy) is 1. The van der Waals surface area contributed by atoms with Crippen LogP contribution in [0.5, 0.6) is 5.75 Å². The highest BCUT2D eigenvalue weighted by molar-refractivity contribution is 7.12. The maximum Gasteiger partial charge on any atom is 0.353 e. The number of nitrogens with zero attached hydrogens (tertiary/aromatic N) is 2. The summed E-state index contributed by atoms with van der Waals surface area (Å²) in [5.41, 5.74) is 1.74. The Kier molecular flexibility index (Phi) is 4.11. The van der Waals surface area contributed by atoms with Crippen molar-refractivity contribution >= 4 is 28.8 Å². The van der Waals surface area contributed by atoms with Gasteiger partial charge in [0.1, 0.15) is 22.8 Å². The van der Waals surface area contributed by atoms with Gasteiger partial charge in [0.25, 0.3) is 0 Å². The average molecular weight is 311 g/mol. The molecule has 0 bridgehead atoms. The van der Waals surface area contributed by atoms with Crippen LogP contribution in [-0.4, -0.2) is 15.9 Å². The minimum atomic E-state index is -0.345. The normalized spacial score (nSPS) is 10.2. The smallest absolute Gasteiger partial charge is 0.353 e. The number of hydrogen-bond donors (Lipinski definition) is 1. The quantitative estimate of drug-likeness (QED) is 0.586. The second-order valence-corrected chi connectivity index (χ2v) is 5.51. The first-order valence-corrected chi connectivity index (χ1v) is 7.50. The Labute approximate surface area is 131 Å². The lowest BCUT2D eigenvalue weighted by molar-refractivity contribution is 0.0740. The van der Waals surface area contributed by atoms with Gasteiger partial charge in [-0.25, -0.2) is 14.8 Å². The van der Waals surface area contributed by atoms with E-state index in [9.17, 15) is 4.79 Å². The van der Waals surface area contributed by atoms with Crippen LogP contribution >= 0.6 is 11.3 Å². The molecule has 6 heteroatoms. The van der Waals surface area contributed by atoms with E-state index in [-0.39, 0.29) is 5.97 Å². The molecule has 1 aromatic carbocycles. The second kappa shape index (κ2) is 6.36. The van der Waals surface area contributed by atoms with Crippen molar-refractivity contribution in [3.8, 4) is 5.75 Å². The summed E-state index contributed by atoms with van der Waals surface area (Å²) in [4.78, 5) is 20.6. The van der Waals surface area contributed by atoms with Crippen LogP contribution in [-0.2, 0) is 0 Å². The fraction of sp³-hybridized carbons (Fsp3) is 0.0625. The molecular formula is C16H13N3O2S. The molecule has 0 spiro atoms. The van der Waals surface area contributed by atoms with E-state index in [1.54, 1.807) is 18.2 Å². The Bertz CT molecular complexity index is 770. The topological polar surface area (TPSA) is 64.1 Å². The number of hydrogen-bond acceptors (Lipinski definition) is 6. The first kappa shape index (κ1) is 14.2. The van der Waals surface area contributed by atoms with Crippen molar-refractivity contribution in [2.45, 2.75) is 6.92 Å². The Morgan fingerprint density at radius 1 is 1.18 bits per heavy atom. The number of carbonyl (C=O) groups excluding carboxylic acids is 1. The van der Waals surface area contributed by atoms with Crippen LogP contribution in [0.1, 0.15) is 15.4 Å². The lowest BCUT2D eigenvalue weighted by atomic mass is 10.3. The zero-order valence-electron chi connectivity index (χ0n) is 11.8. The maximum absolute atomic E-state index is 11.8. The highest BCUT2D eigenvalue weighted by Crippen LogP contribution is 2.20. The third kappa shape index (κ3) is 3.48. The molecule has 0 saturated heterocycles. The molecule has 0 fully saturated rings. The molecule has 2 aromatic heterocycles. The van der Waals surface area contributed by atoms with E-state index in [0.717, 1.165) is 17.2 Å². The molecule has 110 valence electrons. The maximum atomic E-state index is 11.8. The monoisotopic (exact) mass is 311 g/mol. The fourth-order valence-electron chi connectivity index (χ4n) is 1.83. The van der Waals surface area contributed by atoms with Gasteiger partial charge in [-0.3, -0.25) is 0 Å². The van der Waals surface area contributed by atoms with Gasteiger partial charge in [0.05, 0.1) is 0 Å². The summed E-state index contributed by atoms with van der Waals surface area (Å²) in [5, 5.41) is 5.00. The van der Waals surface area contributed by atoms with E-state index in [0.29, 0.717) is 10.6 Å². The number of carbonyl (C=O) groups is 1. The molecule has 5 nitrogen and oxygen atoms in total. The van der Waals surface area contributed by atoms with Gasteiger partial charge in [0.2, 0.25) is 0 Å². The minimum absolute atomic E-state index is 0.345. The van der Waals surface area contributed by atoms with Gasteiger partial charge in [-0.2, -0.15) is 0 Å². The number of aromatic nitrogens is 2. The highest BCUT2D eigenvalue weighted by Gasteiger charge is 2.09. The van der Waals surface area contributed by atoms with E-state index in [1.165, 1.54) is 17.7 Å². The van der Waals surface area contributed by atoms with Crippen LogP contribution in [0, 0.1) is 6.92 Å². The van der Waals surface area contributed by atoms with Gasteiger partial charge >= 0.3 is 5.97 Å². The van der Waals surface area contributed by atoms with E-state index in [2.05, 4.69) is 15.3 Å². The first-order valence-electron chi connectivity index (χ1n) is 6.62. The summed E-state index contributed by atoms with van der Waals surface area (Å²) in [7, 11) is 0. The lowest BCUT2D eigenvalue weighted by Gasteiger charge is -2.07. The lowest BCUT2D eigenvalue weighted by Crippen LogP contribution is -2.06. The van der Waals surface area contributed by atoms with Gasteiger partial charge in [0.15, 0.2) is 0 Å². The summed E-state index contributed by atoms with van der Waals surface area (Å²) in [5.74, 6) is 0.876. The van der Waals surface area contributed by atoms with Crippen LogP contribution in [0.2, 0.25) is 0 Å². The number of thiophene rings is 1. The molecule has 22 heavy (non-hydrogen) atoms. The minimum Gasteiger partial charge on any atom is -0.422 e. The van der Waals surface area contributed by atoms with Crippen molar-refractivity contribution in [2.24, 2.45) is 0 Å². The van der Waals surface area contributed by atoms with Crippen LogP contribution in [0.3, 0.4) is 0 Å². The molecule has 3 rings (SSSR count). The summed E-state index contributed by atoms with van der Waals surface area (Å²) < 4.78 is 5.30. The molecule has 0 aliphatic heterocycles. The summed E-state index contributed by atoms with van der Waals surface area (Å²) in [6.45, 7) is 1.90. The molecule has 0 aliphatic carbocycles. The van der Waals surface area contributed by atoms with Gasteiger partial charge < -0.3 is 10.1 Å². The molecule has 0 aliphatic rings. The van der Waals surface area contributed by atoms with E-state index in [1.807, 2.05) is 36.6 Å². The van der Waals surface area contributed by atoms with Crippen molar-refractivity contribution in [1.29, 1.82) is 0 Å². The number of rotatable bonds is 4. The first-order chi connectivity index (χ1) is 10.7. The van der Waals surface area contributed by atoms with Crippen LogP contribution in [0.4, 0.5) is 11.5 Å². The van der Waals surface area contributed by atoms with Gasteiger partial charge in [0, 0.05) is 17.4 Å². The summed E-state index contributed by atoms with van der Waals surface area (Å²) in [6, 6.07) is 12.5. The molecule has 0 saturated carbocycles. The molecular weight excluding hydrogens is 298 g/mol. The van der Waals surface area contributed by atoms with Gasteiger partial charge in [-0.15, -0.1) is 11.3 Å². The van der Waals surface area contributed by atoms with Gasteiger partial charge in [-0.1, -0.05) is 6.07 Å². The van der Waals surface area contributed by atoms with E-state index < -0.39 is 0 Å². The van der Waals surface area contributed by atoms with Crippen LogP contribution < -0.4 is 10.1 Å². The summed E-state index contributed by atoms with van der Waals surface area (Å²) >= 11 is 1.36. The van der Waals surface area contributed by atoms with E-state index >= 15 is 0 Å². The zero-order chi connectivity index (χ0) is 15.4. The van der Waals surface area contributed by atoms with Crippen LogP contribution in [0.25, 0.3) is 0 Å². The SMILES string of the molecule is Cc1cc(Nc2ccc(OC(=O)c3cccs3)cc2)ncn1. The van der Waals surface area contributed by atoms with Crippen molar-refractivity contribution in [3.05, 3.63) is 64.7 Å². The number of anilines is 2. The number of esters is 1. The molecule has 0 unspecified atom stereocenters. The third-order valence-corrected chi connectivity index (χ3v) is 3.71. The fourth-order valence-corrected chi connectivity index (χ4v) is 2.43. The number of aryl methyl sites for hydroxylation is 1. The Morgan fingerprint density at radius 3 is 2.68 bits per heavy atom. The van der Waals surface area contributed by atoms with Gasteiger partial charge in [-0.05, 0) is 42.6 Å². The molecule has 2 heterocycles. The second-order valence-electron chi connectivity index (χ2n) is 4.56. The van der Waals surface area contributed by atoms with Crippen LogP contribution in [0.15, 0.2) is 54.2 Å². The van der Waals surface area contributed by atoms with Crippen molar-refractivity contribution in [1.82, 2.24) is 9.97 Å². The zero-order valence-corrected chi connectivity index (χ0v) is 12.6. The molecule has 3 aromatic rings. The molecule has 0 amide bonds. The Morgan fingerprint density at radius 2 is 2.00 bits per heavy atom. The molecule has 0 radical (unpaired) electrons. The van der Waals surface area contributed by atoms with Crippen molar-refractivity contribution in [3.63, 3.8) is 0 Å². The largest absolute Gasteiger partial charge is 0.422 e. The molecule has 0 atom stereocenters.